The smallest absolute Gasteiger partial charge is 0.162 e. The highest BCUT2D eigenvalue weighted by Gasteiger charge is 2.26. The summed E-state index contributed by atoms with van der Waals surface area (Å²) in [4.78, 5) is 0. The topological polar surface area (TPSA) is 82.0 Å². The number of aliphatic hydroxyl groups excluding tert-OH is 2. The molecular formula is C13H20ClNO4. The Bertz CT molecular complexity index is 413. The average Bonchev–Trinajstić information content (AvgIpc) is 2.44. The van der Waals surface area contributed by atoms with Gasteiger partial charge in [-0.1, -0.05) is 18.5 Å². The zero-order valence-corrected chi connectivity index (χ0v) is 11.9. The number of rotatable bonds is 7. The molecule has 0 aliphatic carbocycles. The van der Waals surface area contributed by atoms with Crippen molar-refractivity contribution >= 4 is 11.6 Å². The number of aliphatic hydroxyl groups is 2. The predicted molar refractivity (Wildman–Crippen MR) is 73.7 cm³/mol. The number of ether oxygens (including phenoxy) is 1. The highest BCUT2D eigenvalue weighted by Crippen LogP contribution is 2.33. The van der Waals surface area contributed by atoms with Crippen molar-refractivity contribution in [1.82, 2.24) is 5.32 Å². The molecule has 5 nitrogen and oxygen atoms in total. The van der Waals surface area contributed by atoms with Gasteiger partial charge in [0.15, 0.2) is 11.5 Å². The molecule has 108 valence electrons. The van der Waals surface area contributed by atoms with Crippen molar-refractivity contribution in [1.29, 1.82) is 0 Å². The molecule has 6 heteroatoms. The molecule has 0 radical (unpaired) electrons. The van der Waals surface area contributed by atoms with Gasteiger partial charge in [0.2, 0.25) is 0 Å². The summed E-state index contributed by atoms with van der Waals surface area (Å²) < 4.78 is 5.02. The Balaban J connectivity index is 2.91. The lowest BCUT2D eigenvalue weighted by atomic mass is 9.98. The fourth-order valence-electron chi connectivity index (χ4n) is 1.71. The summed E-state index contributed by atoms with van der Waals surface area (Å²) in [5, 5.41) is 32.2. The van der Waals surface area contributed by atoms with Gasteiger partial charge in [-0.3, -0.25) is 0 Å². The molecule has 0 atom stereocenters. The molecule has 0 bridgehead atoms. The molecule has 4 N–H and O–H groups in total. The molecule has 0 unspecified atom stereocenters. The molecule has 0 aromatic heterocycles. The average molecular weight is 290 g/mol. The maximum absolute atomic E-state index is 9.98. The minimum atomic E-state index is -0.776. The second-order valence-electron chi connectivity index (χ2n) is 4.42. The molecule has 1 aromatic carbocycles. The zero-order chi connectivity index (χ0) is 14.5. The molecule has 1 rings (SSSR count). The lowest BCUT2D eigenvalue weighted by Gasteiger charge is -2.30. The van der Waals surface area contributed by atoms with Gasteiger partial charge in [0.05, 0.1) is 25.9 Å². The van der Waals surface area contributed by atoms with Crippen molar-refractivity contribution in [3.8, 4) is 11.5 Å². The van der Waals surface area contributed by atoms with E-state index in [1.54, 1.807) is 6.07 Å². The number of benzene rings is 1. The third kappa shape index (κ3) is 3.73. The summed E-state index contributed by atoms with van der Waals surface area (Å²) in [7, 11) is 1.44. The number of nitrogens with one attached hydrogen (secondary N) is 1. The van der Waals surface area contributed by atoms with Crippen molar-refractivity contribution in [2.24, 2.45) is 0 Å². The van der Waals surface area contributed by atoms with Crippen LogP contribution < -0.4 is 10.1 Å². The van der Waals surface area contributed by atoms with E-state index in [0.29, 0.717) is 22.8 Å². The minimum absolute atomic E-state index is 0.000262. The van der Waals surface area contributed by atoms with Crippen molar-refractivity contribution < 1.29 is 20.1 Å². The summed E-state index contributed by atoms with van der Waals surface area (Å²) >= 11 is 5.93. The fourth-order valence-corrected chi connectivity index (χ4v) is 1.94. The van der Waals surface area contributed by atoms with Crippen LogP contribution >= 0.6 is 11.6 Å². The van der Waals surface area contributed by atoms with Crippen LogP contribution in [-0.2, 0) is 6.54 Å². The van der Waals surface area contributed by atoms with Crippen LogP contribution in [0.3, 0.4) is 0 Å². The first-order valence-electron chi connectivity index (χ1n) is 6.04. The van der Waals surface area contributed by atoms with Gasteiger partial charge in [-0.2, -0.15) is 0 Å². The van der Waals surface area contributed by atoms with Crippen molar-refractivity contribution in [3.05, 3.63) is 22.7 Å². The van der Waals surface area contributed by atoms with Gasteiger partial charge >= 0.3 is 0 Å². The van der Waals surface area contributed by atoms with E-state index in [2.05, 4.69) is 5.32 Å². The minimum Gasteiger partial charge on any atom is -0.504 e. The van der Waals surface area contributed by atoms with Gasteiger partial charge < -0.3 is 25.4 Å². The normalized spacial score (nSPS) is 11.6. The second-order valence-corrected chi connectivity index (χ2v) is 4.86. The summed E-state index contributed by atoms with van der Waals surface area (Å²) in [6.45, 7) is 1.73. The van der Waals surface area contributed by atoms with Crippen LogP contribution in [-0.4, -0.2) is 41.2 Å². The maximum Gasteiger partial charge on any atom is 0.162 e. The third-order valence-corrected chi connectivity index (χ3v) is 3.49. The lowest BCUT2D eigenvalue weighted by Crippen LogP contribution is -2.50. The Morgan fingerprint density at radius 1 is 1.32 bits per heavy atom. The number of methoxy groups -OCH3 is 1. The number of phenolic OH excluding ortho intramolecular Hbond substituents is 1. The van der Waals surface area contributed by atoms with Crippen LogP contribution in [0.5, 0.6) is 11.5 Å². The van der Waals surface area contributed by atoms with Gasteiger partial charge in [0, 0.05) is 23.2 Å². The van der Waals surface area contributed by atoms with E-state index in [1.807, 2.05) is 6.92 Å². The van der Waals surface area contributed by atoms with Gasteiger partial charge in [-0.25, -0.2) is 0 Å². The van der Waals surface area contributed by atoms with Crippen molar-refractivity contribution in [2.45, 2.75) is 25.4 Å². The Kier molecular flexibility index (Phi) is 5.87. The van der Waals surface area contributed by atoms with E-state index in [1.165, 1.54) is 13.2 Å². The van der Waals surface area contributed by atoms with E-state index in [4.69, 9.17) is 16.3 Å². The Hall–Kier alpha value is -1.01. The van der Waals surface area contributed by atoms with Crippen LogP contribution in [0.15, 0.2) is 12.1 Å². The van der Waals surface area contributed by atoms with Crippen LogP contribution in [0.2, 0.25) is 5.02 Å². The molecule has 0 saturated heterocycles. The molecular weight excluding hydrogens is 270 g/mol. The van der Waals surface area contributed by atoms with Crippen molar-refractivity contribution in [2.75, 3.05) is 20.3 Å². The van der Waals surface area contributed by atoms with E-state index in [9.17, 15) is 15.3 Å². The van der Waals surface area contributed by atoms with E-state index in [0.717, 1.165) is 0 Å². The van der Waals surface area contributed by atoms with E-state index in [-0.39, 0.29) is 25.5 Å². The molecule has 0 heterocycles. The number of phenols is 1. The van der Waals surface area contributed by atoms with Crippen LogP contribution in [0.25, 0.3) is 0 Å². The number of hydrogen-bond acceptors (Lipinski definition) is 5. The highest BCUT2D eigenvalue weighted by molar-refractivity contribution is 6.30. The standard InChI is InChI=1S/C13H20ClNO4/c1-3-13(7-16,8-17)15-6-9-4-10(14)5-11(19-2)12(9)18/h4-5,15-18H,3,6-8H2,1-2H3. The van der Waals surface area contributed by atoms with Gasteiger partial charge in [0.1, 0.15) is 0 Å². The third-order valence-electron chi connectivity index (χ3n) is 3.27. The molecule has 0 aliphatic heterocycles. The summed E-state index contributed by atoms with van der Waals surface area (Å²) in [6.07, 6.45) is 0.554. The summed E-state index contributed by atoms with van der Waals surface area (Å²) in [6, 6.07) is 3.13. The van der Waals surface area contributed by atoms with Crippen LogP contribution in [0, 0.1) is 0 Å². The maximum atomic E-state index is 9.98. The second kappa shape index (κ2) is 6.96. The molecule has 0 amide bonds. The van der Waals surface area contributed by atoms with Gasteiger partial charge in [0.25, 0.3) is 0 Å². The largest absolute Gasteiger partial charge is 0.504 e. The van der Waals surface area contributed by atoms with E-state index < -0.39 is 5.54 Å². The first kappa shape index (κ1) is 16.0. The number of hydrogen-bond donors (Lipinski definition) is 4. The molecule has 1 aromatic rings. The molecule has 0 spiro atoms. The molecule has 19 heavy (non-hydrogen) atoms. The lowest BCUT2D eigenvalue weighted by molar-refractivity contribution is 0.0862. The first-order chi connectivity index (χ1) is 9.01. The quantitative estimate of drug-likeness (QED) is 0.608. The number of halogens is 1. The van der Waals surface area contributed by atoms with Crippen molar-refractivity contribution in [3.63, 3.8) is 0 Å². The van der Waals surface area contributed by atoms with Crippen LogP contribution in [0.1, 0.15) is 18.9 Å². The van der Waals surface area contributed by atoms with E-state index >= 15 is 0 Å². The van der Waals surface area contributed by atoms with Crippen LogP contribution in [0.4, 0.5) is 0 Å². The summed E-state index contributed by atoms with van der Waals surface area (Å²) in [5.74, 6) is 0.291. The fraction of sp³-hybridized carbons (Fsp3) is 0.538. The predicted octanol–water partition coefficient (Wildman–Crippen LogP) is 1.28. The SMILES string of the molecule is CCC(CO)(CO)NCc1cc(Cl)cc(OC)c1O. The highest BCUT2D eigenvalue weighted by atomic mass is 35.5. The Morgan fingerprint density at radius 3 is 2.42 bits per heavy atom. The molecule has 0 aliphatic rings. The summed E-state index contributed by atoms with van der Waals surface area (Å²) in [5.41, 5.74) is -0.230. The zero-order valence-electron chi connectivity index (χ0n) is 11.1. The molecule has 0 saturated carbocycles. The van der Waals surface area contributed by atoms with Gasteiger partial charge in [-0.15, -0.1) is 0 Å². The Morgan fingerprint density at radius 2 is 1.95 bits per heavy atom. The Labute approximate surface area is 117 Å². The number of aromatic hydroxyl groups is 1. The first-order valence-corrected chi connectivity index (χ1v) is 6.41. The monoisotopic (exact) mass is 289 g/mol. The molecule has 0 fully saturated rings. The van der Waals surface area contributed by atoms with Gasteiger partial charge in [-0.05, 0) is 12.5 Å².